The highest BCUT2D eigenvalue weighted by Gasteiger charge is 2.24. The van der Waals surface area contributed by atoms with Gasteiger partial charge in [-0.05, 0) is 56.2 Å². The van der Waals surface area contributed by atoms with Gasteiger partial charge in [-0.3, -0.25) is 14.5 Å². The van der Waals surface area contributed by atoms with Gasteiger partial charge in [0.2, 0.25) is 5.91 Å². The summed E-state index contributed by atoms with van der Waals surface area (Å²) in [5.74, 6) is 1.11. The Hall–Kier alpha value is -3.38. The molecular formula is C28H33N3O3. The fourth-order valence-corrected chi connectivity index (χ4v) is 4.70. The van der Waals surface area contributed by atoms with Crippen LogP contribution in [0.15, 0.2) is 60.7 Å². The largest absolute Gasteiger partial charge is 0.497 e. The summed E-state index contributed by atoms with van der Waals surface area (Å²) in [6, 6.07) is 20.0. The van der Waals surface area contributed by atoms with E-state index in [1.807, 2.05) is 67.3 Å². The molecule has 1 amide bonds. The van der Waals surface area contributed by atoms with Crippen molar-refractivity contribution in [1.29, 1.82) is 0 Å². The van der Waals surface area contributed by atoms with Gasteiger partial charge in [0.05, 0.1) is 13.7 Å². The molecule has 1 aliphatic rings. The third kappa shape index (κ3) is 5.39. The molecule has 0 aliphatic carbocycles. The van der Waals surface area contributed by atoms with Crippen LogP contribution in [0.4, 0.5) is 0 Å². The van der Waals surface area contributed by atoms with E-state index in [0.717, 1.165) is 34.0 Å². The zero-order valence-electron chi connectivity index (χ0n) is 20.3. The highest BCUT2D eigenvalue weighted by Crippen LogP contribution is 2.22. The van der Waals surface area contributed by atoms with E-state index in [9.17, 15) is 9.59 Å². The number of amides is 1. The predicted octanol–water partition coefficient (Wildman–Crippen LogP) is 4.06. The first-order valence-corrected chi connectivity index (χ1v) is 11.9. The number of benzene rings is 2. The average Bonchev–Trinajstić information content (AvgIpc) is 3.17. The fraction of sp³-hybridized carbons (Fsp3) is 0.357. The minimum Gasteiger partial charge on any atom is -0.497 e. The smallest absolute Gasteiger partial charge is 0.222 e. The molecule has 1 saturated heterocycles. The zero-order valence-corrected chi connectivity index (χ0v) is 20.3. The molecule has 6 heteroatoms. The van der Waals surface area contributed by atoms with Crippen LogP contribution in [0, 0.1) is 13.8 Å². The van der Waals surface area contributed by atoms with Crippen molar-refractivity contribution in [2.75, 3.05) is 39.8 Å². The summed E-state index contributed by atoms with van der Waals surface area (Å²) >= 11 is 0. The van der Waals surface area contributed by atoms with E-state index in [2.05, 4.69) is 21.6 Å². The summed E-state index contributed by atoms with van der Waals surface area (Å²) in [6.07, 6.45) is 1.18. The Balaban J connectivity index is 1.29. The Morgan fingerprint density at radius 2 is 1.65 bits per heavy atom. The number of hydrogen-bond donors (Lipinski definition) is 0. The number of carbonyl (C=O) groups is 2. The van der Waals surface area contributed by atoms with Crippen LogP contribution >= 0.6 is 0 Å². The van der Waals surface area contributed by atoms with Gasteiger partial charge in [-0.1, -0.05) is 30.3 Å². The average molecular weight is 460 g/mol. The molecule has 1 aromatic heterocycles. The Morgan fingerprint density at radius 3 is 2.35 bits per heavy atom. The van der Waals surface area contributed by atoms with Gasteiger partial charge in [0.25, 0.3) is 0 Å². The lowest BCUT2D eigenvalue weighted by Crippen LogP contribution is -2.50. The number of aromatic nitrogens is 1. The molecule has 0 radical (unpaired) electrons. The summed E-state index contributed by atoms with van der Waals surface area (Å²) in [6.45, 7) is 7.17. The maximum Gasteiger partial charge on any atom is 0.222 e. The molecule has 0 bridgehead atoms. The molecular weight excluding hydrogens is 426 g/mol. The first-order chi connectivity index (χ1) is 16.5. The number of para-hydroxylation sites is 1. The molecule has 178 valence electrons. The molecule has 0 saturated carbocycles. The van der Waals surface area contributed by atoms with Gasteiger partial charge < -0.3 is 14.2 Å². The minimum absolute atomic E-state index is 0.132. The third-order valence-electron chi connectivity index (χ3n) is 6.60. The van der Waals surface area contributed by atoms with Crippen molar-refractivity contribution in [3.05, 3.63) is 83.2 Å². The van der Waals surface area contributed by atoms with Gasteiger partial charge in [-0.25, -0.2) is 0 Å². The Morgan fingerprint density at radius 1 is 0.912 bits per heavy atom. The molecule has 4 rings (SSSR count). The second kappa shape index (κ2) is 10.7. The highest BCUT2D eigenvalue weighted by atomic mass is 16.5. The third-order valence-corrected chi connectivity index (χ3v) is 6.60. The summed E-state index contributed by atoms with van der Waals surface area (Å²) in [4.78, 5) is 29.9. The van der Waals surface area contributed by atoms with E-state index in [1.54, 1.807) is 7.11 Å². The van der Waals surface area contributed by atoms with Crippen LogP contribution in [0.3, 0.4) is 0 Å². The quantitative estimate of drug-likeness (QED) is 0.477. The summed E-state index contributed by atoms with van der Waals surface area (Å²) in [5.41, 5.74) is 4.97. The second-order valence-electron chi connectivity index (χ2n) is 8.89. The Labute approximate surface area is 201 Å². The van der Waals surface area contributed by atoms with Crippen molar-refractivity contribution in [1.82, 2.24) is 14.4 Å². The Bertz CT molecular complexity index is 1140. The maximum absolute atomic E-state index is 13.1. The molecule has 34 heavy (non-hydrogen) atoms. The van der Waals surface area contributed by atoms with Crippen molar-refractivity contribution >= 4 is 11.7 Å². The van der Waals surface area contributed by atoms with Crippen molar-refractivity contribution in [3.63, 3.8) is 0 Å². The maximum atomic E-state index is 13.1. The van der Waals surface area contributed by atoms with Crippen LogP contribution < -0.4 is 4.74 Å². The molecule has 0 spiro atoms. The van der Waals surface area contributed by atoms with Crippen LogP contribution in [-0.2, 0) is 11.2 Å². The summed E-state index contributed by atoms with van der Waals surface area (Å²) in [7, 11) is 1.65. The van der Waals surface area contributed by atoms with Crippen LogP contribution in [0.25, 0.3) is 5.69 Å². The number of aryl methyl sites for hydroxylation is 2. The number of hydrogen-bond acceptors (Lipinski definition) is 4. The SMILES string of the molecule is COc1cccc(CCC(=O)N2CCN(CC(=O)c3cc(C)n(-c4ccccc4)c3C)CC2)c1. The fourth-order valence-electron chi connectivity index (χ4n) is 4.70. The molecule has 2 aromatic carbocycles. The highest BCUT2D eigenvalue weighted by molar-refractivity contribution is 5.99. The lowest BCUT2D eigenvalue weighted by atomic mass is 10.1. The number of piperazine rings is 1. The van der Waals surface area contributed by atoms with E-state index >= 15 is 0 Å². The number of ketones is 1. The topological polar surface area (TPSA) is 54.8 Å². The number of carbonyl (C=O) groups excluding carboxylic acids is 2. The monoisotopic (exact) mass is 459 g/mol. The van der Waals surface area contributed by atoms with Crippen molar-refractivity contribution in [2.24, 2.45) is 0 Å². The summed E-state index contributed by atoms with van der Waals surface area (Å²) in [5, 5.41) is 0. The number of rotatable bonds is 8. The van der Waals surface area contributed by atoms with Crippen LogP contribution in [0.2, 0.25) is 0 Å². The van der Waals surface area contributed by atoms with E-state index in [-0.39, 0.29) is 11.7 Å². The van der Waals surface area contributed by atoms with Crippen molar-refractivity contribution in [2.45, 2.75) is 26.7 Å². The summed E-state index contributed by atoms with van der Waals surface area (Å²) < 4.78 is 7.39. The second-order valence-corrected chi connectivity index (χ2v) is 8.89. The van der Waals surface area contributed by atoms with Gasteiger partial charge >= 0.3 is 0 Å². The van der Waals surface area contributed by atoms with Crippen LogP contribution in [-0.4, -0.2) is 65.9 Å². The Kier molecular flexibility index (Phi) is 7.48. The number of Topliss-reactive ketones (excluding diaryl/α,β-unsaturated/α-hetero) is 1. The molecule has 6 nitrogen and oxygen atoms in total. The minimum atomic E-state index is 0.132. The molecule has 1 aliphatic heterocycles. The molecule has 0 unspecified atom stereocenters. The van der Waals surface area contributed by atoms with Crippen molar-refractivity contribution < 1.29 is 14.3 Å². The lowest BCUT2D eigenvalue weighted by molar-refractivity contribution is -0.132. The zero-order chi connectivity index (χ0) is 24.1. The first-order valence-electron chi connectivity index (χ1n) is 11.9. The molecule has 1 fully saturated rings. The van der Waals surface area contributed by atoms with Gasteiger partial charge in [-0.2, -0.15) is 0 Å². The predicted molar refractivity (Wildman–Crippen MR) is 134 cm³/mol. The molecule has 0 atom stereocenters. The van der Waals surface area contributed by atoms with E-state index in [4.69, 9.17) is 4.74 Å². The van der Waals surface area contributed by atoms with Crippen LogP contribution in [0.5, 0.6) is 5.75 Å². The van der Waals surface area contributed by atoms with E-state index < -0.39 is 0 Å². The number of ether oxygens (including phenoxy) is 1. The van der Waals surface area contributed by atoms with E-state index in [0.29, 0.717) is 45.6 Å². The molecule has 3 aromatic rings. The van der Waals surface area contributed by atoms with Gasteiger partial charge in [0.1, 0.15) is 5.75 Å². The van der Waals surface area contributed by atoms with Gasteiger partial charge in [0, 0.05) is 55.2 Å². The van der Waals surface area contributed by atoms with Gasteiger partial charge in [0.15, 0.2) is 5.78 Å². The molecule has 2 heterocycles. The number of methoxy groups -OCH3 is 1. The first kappa shape index (κ1) is 23.8. The van der Waals surface area contributed by atoms with Gasteiger partial charge in [-0.15, -0.1) is 0 Å². The normalized spacial score (nSPS) is 14.3. The van der Waals surface area contributed by atoms with Crippen molar-refractivity contribution in [3.8, 4) is 11.4 Å². The van der Waals surface area contributed by atoms with E-state index in [1.165, 1.54) is 0 Å². The number of nitrogens with zero attached hydrogens (tertiary/aromatic N) is 3. The molecule has 0 N–H and O–H groups in total. The van der Waals surface area contributed by atoms with Crippen LogP contribution in [0.1, 0.15) is 33.7 Å². The standard InChI is InChI=1S/C28H33N3O3/c1-21-18-26(22(2)31(21)24-9-5-4-6-10-24)27(32)20-29-14-16-30(17-15-29)28(33)13-12-23-8-7-11-25(19-23)34-3/h4-11,18-19H,12-17,20H2,1-3H3. The lowest BCUT2D eigenvalue weighted by Gasteiger charge is -2.34.